The number of amides is 2. The van der Waals surface area contributed by atoms with Crippen molar-refractivity contribution in [2.24, 2.45) is 5.73 Å². The van der Waals surface area contributed by atoms with Gasteiger partial charge in [-0.05, 0) is 63.6 Å². The number of benzene rings is 1. The lowest BCUT2D eigenvalue weighted by Crippen LogP contribution is -2.62. The van der Waals surface area contributed by atoms with Gasteiger partial charge in [0, 0.05) is 61.2 Å². The molecule has 6 rings (SSSR count). The molecule has 4 unspecified atom stereocenters. The number of piperidine rings is 1. The predicted molar refractivity (Wildman–Crippen MR) is 155 cm³/mol. The number of pyridine rings is 1. The van der Waals surface area contributed by atoms with Crippen LogP contribution in [0.15, 0.2) is 36.5 Å². The van der Waals surface area contributed by atoms with Crippen molar-refractivity contribution in [1.82, 2.24) is 20.1 Å². The van der Waals surface area contributed by atoms with Gasteiger partial charge in [0.15, 0.2) is 0 Å². The molecule has 0 spiro atoms. The highest BCUT2D eigenvalue weighted by molar-refractivity contribution is 5.82. The monoisotopic (exact) mass is 562 g/mol. The molecular formula is C31H42N6O4. The summed E-state index contributed by atoms with van der Waals surface area (Å²) >= 11 is 0. The lowest BCUT2D eigenvalue weighted by molar-refractivity contribution is -0.131. The lowest BCUT2D eigenvalue weighted by atomic mass is 9.88. The maximum Gasteiger partial charge on any atom is 0.410 e. The number of hydrogen-bond donors (Lipinski definition) is 3. The van der Waals surface area contributed by atoms with E-state index in [1.807, 2.05) is 26.8 Å². The average Bonchev–Trinajstić information content (AvgIpc) is 2.95. The minimum atomic E-state index is -0.685. The van der Waals surface area contributed by atoms with Crippen LogP contribution in [0.1, 0.15) is 74.5 Å². The molecule has 0 aliphatic carbocycles. The number of fused-ring (bicyclic) bond motifs is 3. The lowest BCUT2D eigenvalue weighted by Gasteiger charge is -2.52. The van der Waals surface area contributed by atoms with Gasteiger partial charge in [0.05, 0.1) is 18.9 Å². The Labute approximate surface area is 241 Å². The van der Waals surface area contributed by atoms with Crippen molar-refractivity contribution in [3.8, 4) is 0 Å². The Hall–Kier alpha value is -3.21. The second-order valence-electron chi connectivity index (χ2n) is 12.9. The Balaban J connectivity index is 1.17. The normalized spacial score (nSPS) is 27.9. The van der Waals surface area contributed by atoms with Gasteiger partial charge in [-0.15, -0.1) is 0 Å². The first kappa shape index (κ1) is 27.9. The number of ether oxygens (including phenoxy) is 2. The van der Waals surface area contributed by atoms with E-state index in [2.05, 4.69) is 44.8 Å². The first-order valence-electron chi connectivity index (χ1n) is 14.8. The maximum absolute atomic E-state index is 12.7. The van der Waals surface area contributed by atoms with Gasteiger partial charge in [0.1, 0.15) is 11.6 Å². The largest absolute Gasteiger partial charge is 0.444 e. The first-order chi connectivity index (χ1) is 19.6. The Morgan fingerprint density at radius 3 is 2.61 bits per heavy atom. The van der Waals surface area contributed by atoms with Crippen molar-refractivity contribution in [2.75, 3.05) is 31.6 Å². The Morgan fingerprint density at radius 2 is 1.93 bits per heavy atom. The first-order valence-corrected chi connectivity index (χ1v) is 14.8. The molecule has 220 valence electrons. The Morgan fingerprint density at radius 1 is 1.17 bits per heavy atom. The van der Waals surface area contributed by atoms with Crippen LogP contribution >= 0.6 is 0 Å². The molecule has 2 bridgehead atoms. The Bertz CT molecular complexity index is 1260. The maximum atomic E-state index is 12.7. The van der Waals surface area contributed by atoms with Crippen molar-refractivity contribution in [1.29, 1.82) is 0 Å². The highest BCUT2D eigenvalue weighted by Crippen LogP contribution is 2.36. The highest BCUT2D eigenvalue weighted by Gasteiger charge is 2.42. The second kappa shape index (κ2) is 11.2. The highest BCUT2D eigenvalue weighted by atomic mass is 16.6. The number of nitrogens with two attached hydrogens (primary N) is 1. The summed E-state index contributed by atoms with van der Waals surface area (Å²) in [4.78, 5) is 34.2. The van der Waals surface area contributed by atoms with Crippen LogP contribution in [-0.4, -0.2) is 76.8 Å². The number of morpholine rings is 1. The number of anilines is 1. The molecule has 10 heteroatoms. The van der Waals surface area contributed by atoms with Gasteiger partial charge < -0.3 is 25.4 Å². The van der Waals surface area contributed by atoms with E-state index in [9.17, 15) is 9.59 Å². The van der Waals surface area contributed by atoms with Crippen molar-refractivity contribution in [2.45, 2.75) is 88.8 Å². The molecule has 41 heavy (non-hydrogen) atoms. The predicted octanol–water partition coefficient (Wildman–Crippen LogP) is 3.28. The molecule has 4 aliphatic rings. The second-order valence-corrected chi connectivity index (χ2v) is 12.9. The van der Waals surface area contributed by atoms with E-state index in [0.29, 0.717) is 37.3 Å². The summed E-state index contributed by atoms with van der Waals surface area (Å²) in [6.07, 6.45) is 5.17. The fraction of sp³-hybridized carbons (Fsp3) is 0.581. The summed E-state index contributed by atoms with van der Waals surface area (Å²) in [7, 11) is 0. The average molecular weight is 563 g/mol. The third-order valence-electron chi connectivity index (χ3n) is 8.71. The molecule has 10 nitrogen and oxygen atoms in total. The number of rotatable bonds is 6. The molecule has 4 aliphatic heterocycles. The standard InChI is InChI=1S/C31H42N6O4/c1-31(2,3)41-30(39)36-12-4-5-21(16-36)34-25-10-11-33-27-24(25)14-26(35-28(27)29(32)38)20-8-6-19(7-9-20)15-37-22-13-23(37)18-40-17-22/h6-11,21-23,26,28,35H,4-5,12-18H2,1-3H3,(H2,32,38)(H,33,34)/t21-,22?,23?,26?,28?/m0/s1. The van der Waals surface area contributed by atoms with E-state index >= 15 is 0 Å². The fourth-order valence-corrected chi connectivity index (χ4v) is 6.63. The van der Waals surface area contributed by atoms with Crippen LogP contribution in [0.4, 0.5) is 10.5 Å². The minimum absolute atomic E-state index is 0.0637. The van der Waals surface area contributed by atoms with E-state index in [1.54, 1.807) is 11.1 Å². The molecule has 1 aromatic carbocycles. The number of primary amides is 1. The zero-order valence-electron chi connectivity index (χ0n) is 24.3. The molecule has 1 aromatic heterocycles. The van der Waals surface area contributed by atoms with Gasteiger partial charge in [-0.3, -0.25) is 20.0 Å². The number of likely N-dealkylation sites (tertiary alicyclic amines) is 1. The van der Waals surface area contributed by atoms with E-state index < -0.39 is 17.6 Å². The molecule has 2 aromatic rings. The van der Waals surface area contributed by atoms with E-state index in [0.717, 1.165) is 49.4 Å². The van der Waals surface area contributed by atoms with Crippen molar-refractivity contribution < 1.29 is 19.1 Å². The summed E-state index contributed by atoms with van der Waals surface area (Å²) in [5.74, 6) is -0.447. The number of carbonyl (C=O) groups excluding carboxylic acids is 2. The number of hydrogen-bond acceptors (Lipinski definition) is 8. The molecule has 5 heterocycles. The Kier molecular flexibility index (Phi) is 7.65. The van der Waals surface area contributed by atoms with Gasteiger partial charge in [0.2, 0.25) is 5.91 Å². The molecule has 0 radical (unpaired) electrons. The van der Waals surface area contributed by atoms with Crippen LogP contribution in [0.3, 0.4) is 0 Å². The smallest absolute Gasteiger partial charge is 0.410 e. The van der Waals surface area contributed by atoms with Gasteiger partial charge in [0.25, 0.3) is 0 Å². The van der Waals surface area contributed by atoms with Crippen LogP contribution in [-0.2, 0) is 27.2 Å². The quantitative estimate of drug-likeness (QED) is 0.491. The number of carbonyl (C=O) groups is 2. The van der Waals surface area contributed by atoms with Crippen LogP contribution in [0.5, 0.6) is 0 Å². The summed E-state index contributed by atoms with van der Waals surface area (Å²) in [5.41, 5.74) is 10.3. The van der Waals surface area contributed by atoms with E-state index in [1.165, 1.54) is 12.0 Å². The van der Waals surface area contributed by atoms with Gasteiger partial charge in [-0.1, -0.05) is 24.3 Å². The van der Waals surface area contributed by atoms with Crippen molar-refractivity contribution >= 4 is 17.7 Å². The van der Waals surface area contributed by atoms with Crippen molar-refractivity contribution in [3.05, 3.63) is 58.9 Å². The summed E-state index contributed by atoms with van der Waals surface area (Å²) in [6, 6.07) is 11.0. The number of aromatic nitrogens is 1. The van der Waals surface area contributed by atoms with Gasteiger partial charge in [-0.25, -0.2) is 4.79 Å². The van der Waals surface area contributed by atoms with Crippen molar-refractivity contribution in [3.63, 3.8) is 0 Å². The van der Waals surface area contributed by atoms with Crippen LogP contribution in [0.2, 0.25) is 0 Å². The van der Waals surface area contributed by atoms with Crippen LogP contribution < -0.4 is 16.4 Å². The molecule has 0 saturated carbocycles. The molecule has 3 saturated heterocycles. The zero-order chi connectivity index (χ0) is 28.7. The molecule has 4 N–H and O–H groups in total. The number of nitrogens with zero attached hydrogens (tertiary/aromatic N) is 3. The summed E-state index contributed by atoms with van der Waals surface area (Å²) in [6.45, 7) is 9.48. The molecule has 2 amide bonds. The molecule has 5 atom stereocenters. The topological polar surface area (TPSA) is 122 Å². The third kappa shape index (κ3) is 6.05. The fourth-order valence-electron chi connectivity index (χ4n) is 6.63. The zero-order valence-corrected chi connectivity index (χ0v) is 24.3. The van der Waals surface area contributed by atoms with E-state index in [-0.39, 0.29) is 18.2 Å². The molecular weight excluding hydrogens is 520 g/mol. The SMILES string of the molecule is CC(C)(C)OC(=O)N1CCC[C@H](Nc2ccnc3c2CC(c2ccc(CN4C5COCC4C5)cc2)NC3C(N)=O)C1. The molecule has 3 fully saturated rings. The number of nitrogens with one attached hydrogen (secondary N) is 2. The van der Waals surface area contributed by atoms with E-state index in [4.69, 9.17) is 15.2 Å². The minimum Gasteiger partial charge on any atom is -0.444 e. The summed E-state index contributed by atoms with van der Waals surface area (Å²) < 4.78 is 11.2. The van der Waals surface area contributed by atoms with Gasteiger partial charge >= 0.3 is 6.09 Å². The third-order valence-corrected chi connectivity index (χ3v) is 8.71. The van der Waals surface area contributed by atoms with Gasteiger partial charge in [-0.2, -0.15) is 0 Å². The summed E-state index contributed by atoms with van der Waals surface area (Å²) in [5, 5.41) is 7.12. The van der Waals surface area contributed by atoms with Crippen LogP contribution in [0.25, 0.3) is 0 Å². The van der Waals surface area contributed by atoms with Crippen LogP contribution in [0, 0.1) is 0 Å².